The average molecular weight is 353 g/mol. The monoisotopic (exact) mass is 353 g/mol. The molecule has 1 aliphatic heterocycles. The molecule has 1 N–H and O–H groups in total. The lowest BCUT2D eigenvalue weighted by Gasteiger charge is -2.32. The van der Waals surface area contributed by atoms with Gasteiger partial charge < -0.3 is 5.32 Å². The zero-order valence-electron chi connectivity index (χ0n) is 13.2. The van der Waals surface area contributed by atoms with Crippen molar-refractivity contribution in [3.8, 4) is 0 Å². The Morgan fingerprint density at radius 3 is 2.52 bits per heavy atom. The van der Waals surface area contributed by atoms with Gasteiger partial charge in [0.05, 0.1) is 11.4 Å². The van der Waals surface area contributed by atoms with Crippen molar-refractivity contribution in [3.05, 3.63) is 66.5 Å². The van der Waals surface area contributed by atoms with Crippen LogP contribution >= 0.6 is 0 Å². The number of aromatic nitrogens is 1. The van der Waals surface area contributed by atoms with Gasteiger partial charge in [0, 0.05) is 35.6 Å². The van der Waals surface area contributed by atoms with Crippen molar-refractivity contribution in [1.29, 1.82) is 0 Å². The van der Waals surface area contributed by atoms with Crippen LogP contribution in [-0.2, 0) is 10.0 Å². The molecule has 25 heavy (non-hydrogen) atoms. The van der Waals surface area contributed by atoms with E-state index in [0.29, 0.717) is 23.5 Å². The van der Waals surface area contributed by atoms with Crippen LogP contribution in [0.4, 0.5) is 11.4 Å². The molecule has 2 aromatic carbocycles. The van der Waals surface area contributed by atoms with Gasteiger partial charge in [0.25, 0.3) is 5.91 Å². The minimum absolute atomic E-state index is 0.173. The molecule has 0 atom stereocenters. The number of rotatable bonds is 3. The van der Waals surface area contributed by atoms with E-state index in [0.717, 1.165) is 10.8 Å². The van der Waals surface area contributed by atoms with Crippen LogP contribution in [0.5, 0.6) is 0 Å². The number of anilines is 2. The Morgan fingerprint density at radius 1 is 1.04 bits per heavy atom. The minimum atomic E-state index is -3.15. The van der Waals surface area contributed by atoms with E-state index in [4.69, 9.17) is 0 Å². The van der Waals surface area contributed by atoms with Crippen molar-refractivity contribution in [3.63, 3.8) is 0 Å². The maximum absolute atomic E-state index is 12.4. The zero-order chi connectivity index (χ0) is 17.4. The van der Waals surface area contributed by atoms with Crippen molar-refractivity contribution in [2.75, 3.05) is 21.9 Å². The first kappa shape index (κ1) is 15.6. The average Bonchev–Trinajstić information content (AvgIpc) is 2.61. The quantitative estimate of drug-likeness (QED) is 0.785. The number of hydrogen-bond donors (Lipinski definition) is 1. The fourth-order valence-electron chi connectivity index (χ4n) is 2.77. The van der Waals surface area contributed by atoms with Crippen molar-refractivity contribution in [2.45, 2.75) is 0 Å². The number of carbonyl (C=O) groups is 1. The molecule has 3 aromatic rings. The Hall–Kier alpha value is -2.93. The lowest BCUT2D eigenvalue weighted by Crippen LogP contribution is -2.47. The largest absolute Gasteiger partial charge is 0.322 e. The summed E-state index contributed by atoms with van der Waals surface area (Å²) in [7, 11) is -3.15. The molecule has 0 aliphatic carbocycles. The third-order valence-corrected chi connectivity index (χ3v) is 5.97. The number of amides is 1. The summed E-state index contributed by atoms with van der Waals surface area (Å²) >= 11 is 0. The van der Waals surface area contributed by atoms with Crippen LogP contribution in [0.1, 0.15) is 10.4 Å². The maximum Gasteiger partial charge on any atom is 0.255 e. The smallest absolute Gasteiger partial charge is 0.255 e. The van der Waals surface area contributed by atoms with Gasteiger partial charge in [0.15, 0.2) is 0 Å². The molecular formula is C18H15N3O3S. The third kappa shape index (κ3) is 2.94. The predicted molar refractivity (Wildman–Crippen MR) is 97.3 cm³/mol. The van der Waals surface area contributed by atoms with Gasteiger partial charge in [-0.15, -0.1) is 0 Å². The summed E-state index contributed by atoms with van der Waals surface area (Å²) in [6.07, 6.45) is 3.47. The molecule has 0 saturated carbocycles. The number of nitrogens with zero attached hydrogens (tertiary/aromatic N) is 2. The van der Waals surface area contributed by atoms with Crippen LogP contribution in [-0.4, -0.2) is 31.6 Å². The van der Waals surface area contributed by atoms with Crippen LogP contribution in [0.25, 0.3) is 10.8 Å². The number of nitrogens with one attached hydrogen (secondary N) is 1. The second-order valence-electron chi connectivity index (χ2n) is 5.83. The van der Waals surface area contributed by atoms with Gasteiger partial charge in [0.2, 0.25) is 10.0 Å². The highest BCUT2D eigenvalue weighted by atomic mass is 32.2. The Kier molecular flexibility index (Phi) is 3.65. The van der Waals surface area contributed by atoms with E-state index in [1.54, 1.807) is 36.7 Å². The summed E-state index contributed by atoms with van der Waals surface area (Å²) in [5.74, 6) is -0.0762. The summed E-state index contributed by atoms with van der Waals surface area (Å²) in [5, 5.41) is 4.84. The first-order valence-corrected chi connectivity index (χ1v) is 9.39. The van der Waals surface area contributed by atoms with Crippen molar-refractivity contribution >= 4 is 38.1 Å². The normalized spacial score (nSPS) is 15.6. The molecule has 0 unspecified atom stereocenters. The van der Waals surface area contributed by atoms with E-state index >= 15 is 0 Å². The molecule has 4 rings (SSSR count). The standard InChI is InChI=1S/C18H15N3O3S/c22-18(20-16-4-1-13-7-8-19-12-15(13)11-16)14-2-5-17(6-3-14)21-9-10-25(21,23)24/h1-8,11-12H,9-10H2,(H,20,22). The van der Waals surface area contributed by atoms with E-state index in [-0.39, 0.29) is 11.7 Å². The molecule has 0 spiro atoms. The van der Waals surface area contributed by atoms with E-state index in [9.17, 15) is 13.2 Å². The second-order valence-corrected chi connectivity index (χ2v) is 7.84. The molecule has 1 aliphatic rings. The first-order chi connectivity index (χ1) is 12.0. The molecule has 1 saturated heterocycles. The predicted octanol–water partition coefficient (Wildman–Crippen LogP) is 2.64. The molecule has 6 nitrogen and oxygen atoms in total. The van der Waals surface area contributed by atoms with E-state index < -0.39 is 10.0 Å². The van der Waals surface area contributed by atoms with Gasteiger partial charge in [-0.3, -0.25) is 14.1 Å². The van der Waals surface area contributed by atoms with Gasteiger partial charge >= 0.3 is 0 Å². The maximum atomic E-state index is 12.4. The number of benzene rings is 2. The van der Waals surface area contributed by atoms with Crippen molar-refractivity contribution in [1.82, 2.24) is 4.98 Å². The fraction of sp³-hybridized carbons (Fsp3) is 0.111. The molecule has 0 radical (unpaired) electrons. The molecule has 1 amide bonds. The van der Waals surface area contributed by atoms with Gasteiger partial charge in [-0.25, -0.2) is 8.42 Å². The number of sulfonamides is 1. The molecular weight excluding hydrogens is 338 g/mol. The molecule has 7 heteroatoms. The van der Waals surface area contributed by atoms with Gasteiger partial charge in [-0.1, -0.05) is 6.07 Å². The van der Waals surface area contributed by atoms with Crippen LogP contribution in [0, 0.1) is 0 Å². The van der Waals surface area contributed by atoms with Gasteiger partial charge in [0.1, 0.15) is 0 Å². The Labute approximate surface area is 145 Å². The van der Waals surface area contributed by atoms with Crippen LogP contribution in [0.15, 0.2) is 60.9 Å². The van der Waals surface area contributed by atoms with Crippen molar-refractivity contribution < 1.29 is 13.2 Å². The number of carbonyl (C=O) groups excluding carboxylic acids is 1. The van der Waals surface area contributed by atoms with Gasteiger partial charge in [-0.2, -0.15) is 0 Å². The van der Waals surface area contributed by atoms with E-state index in [1.165, 1.54) is 4.31 Å². The van der Waals surface area contributed by atoms with Gasteiger partial charge in [-0.05, 0) is 47.9 Å². The molecule has 2 heterocycles. The topological polar surface area (TPSA) is 79.4 Å². The summed E-state index contributed by atoms with van der Waals surface area (Å²) in [6.45, 7) is 0.485. The highest BCUT2D eigenvalue weighted by Crippen LogP contribution is 2.25. The number of fused-ring (bicyclic) bond motifs is 1. The Bertz CT molecular complexity index is 1060. The highest BCUT2D eigenvalue weighted by molar-refractivity contribution is 7.94. The number of pyridine rings is 1. The zero-order valence-corrected chi connectivity index (χ0v) is 14.0. The highest BCUT2D eigenvalue weighted by Gasteiger charge is 2.32. The summed E-state index contributed by atoms with van der Waals surface area (Å²) < 4.78 is 24.6. The lowest BCUT2D eigenvalue weighted by molar-refractivity contribution is 0.102. The Morgan fingerprint density at radius 2 is 1.84 bits per heavy atom. The Balaban J connectivity index is 1.52. The van der Waals surface area contributed by atoms with E-state index in [2.05, 4.69) is 10.3 Å². The van der Waals surface area contributed by atoms with Crippen LogP contribution in [0.2, 0.25) is 0 Å². The molecule has 1 fully saturated rings. The SMILES string of the molecule is O=C(Nc1ccc2ccncc2c1)c1ccc(N2CCS2(=O)=O)cc1. The van der Waals surface area contributed by atoms with Crippen molar-refractivity contribution in [2.24, 2.45) is 0 Å². The third-order valence-electron chi connectivity index (χ3n) is 4.20. The summed E-state index contributed by atoms with van der Waals surface area (Å²) in [4.78, 5) is 16.5. The fourth-order valence-corrected chi connectivity index (χ4v) is 3.87. The van der Waals surface area contributed by atoms with E-state index in [1.807, 2.05) is 24.3 Å². The summed E-state index contributed by atoms with van der Waals surface area (Å²) in [5.41, 5.74) is 1.73. The lowest BCUT2D eigenvalue weighted by atomic mass is 10.1. The summed E-state index contributed by atoms with van der Waals surface area (Å²) in [6, 6.07) is 14.1. The molecule has 1 aromatic heterocycles. The molecule has 126 valence electrons. The van der Waals surface area contributed by atoms with Crippen LogP contribution < -0.4 is 9.62 Å². The first-order valence-electron chi connectivity index (χ1n) is 7.79. The van der Waals surface area contributed by atoms with Crippen LogP contribution in [0.3, 0.4) is 0 Å². The second kappa shape index (κ2) is 5.86. The minimum Gasteiger partial charge on any atom is -0.322 e. The molecule has 0 bridgehead atoms. The number of hydrogen-bond acceptors (Lipinski definition) is 4.